The van der Waals surface area contributed by atoms with Gasteiger partial charge in [-0.15, -0.1) is 6.42 Å². The van der Waals surface area contributed by atoms with Crippen LogP contribution in [0.2, 0.25) is 0 Å². The van der Waals surface area contributed by atoms with E-state index < -0.39 is 5.82 Å². The molecule has 3 saturated heterocycles. The highest BCUT2D eigenvalue weighted by atomic mass is 19.1. The van der Waals surface area contributed by atoms with E-state index in [0.29, 0.717) is 53.8 Å². The molecule has 1 aliphatic carbocycles. The summed E-state index contributed by atoms with van der Waals surface area (Å²) in [4.78, 5) is 30.4. The van der Waals surface area contributed by atoms with E-state index in [4.69, 9.17) is 21.1 Å². The average Bonchev–Trinajstić information content (AvgIpc) is 3.42. The quantitative estimate of drug-likeness (QED) is 0.398. The molecule has 4 fully saturated rings. The molecule has 5 aliphatic rings. The lowest BCUT2D eigenvalue weighted by atomic mass is 9.98. The number of piperazine rings is 1. The van der Waals surface area contributed by atoms with Crippen molar-refractivity contribution >= 4 is 28.2 Å². The number of carbonyl (C=O) groups is 1. The molecule has 5 heterocycles. The topological polar surface area (TPSA) is 94.1 Å². The van der Waals surface area contributed by atoms with Crippen LogP contribution in [0.4, 0.5) is 15.9 Å². The fourth-order valence-corrected chi connectivity index (χ4v) is 7.75. The first kappa shape index (κ1) is 27.6. The van der Waals surface area contributed by atoms with Crippen molar-refractivity contribution in [3.05, 3.63) is 46.9 Å². The summed E-state index contributed by atoms with van der Waals surface area (Å²) >= 11 is 0. The lowest BCUT2D eigenvalue weighted by Crippen LogP contribution is -2.52. The largest absolute Gasteiger partial charge is 0.508 e. The number of aromatic nitrogens is 2. The van der Waals surface area contributed by atoms with Crippen LogP contribution in [-0.2, 0) is 6.42 Å². The van der Waals surface area contributed by atoms with E-state index in [-0.39, 0.29) is 28.6 Å². The number of aromatic hydroxyl groups is 1. The molecule has 2 N–H and O–H groups in total. The van der Waals surface area contributed by atoms with Crippen LogP contribution in [0.5, 0.6) is 11.8 Å². The zero-order valence-electron chi connectivity index (χ0n) is 24.8. The minimum atomic E-state index is -0.548. The first-order valence-corrected chi connectivity index (χ1v) is 15.9. The molecule has 2 atom stereocenters. The van der Waals surface area contributed by atoms with Gasteiger partial charge in [-0.25, -0.2) is 4.39 Å². The van der Waals surface area contributed by atoms with Crippen molar-refractivity contribution in [2.24, 2.45) is 5.41 Å². The van der Waals surface area contributed by atoms with E-state index in [1.165, 1.54) is 31.0 Å². The third-order valence-electron chi connectivity index (χ3n) is 10.2. The minimum absolute atomic E-state index is 0.0305. The standard InChI is InChI=1S/C34H37FN6O3/c1-2-25-27(35)8-5-21-15-24(42)16-28(29(21)25)41-14-9-26-30(32(41)43)37-33(38-31(26)40-17-22-6-7-23(18-40)36-22)44-20-34(10-11-34)19-39-12-3-4-13-39/h1,5,8,15-16,22-23,36,42H,3-4,6-7,9-14,17-20H2/t22-,23+. The van der Waals surface area contributed by atoms with Gasteiger partial charge in [0.05, 0.1) is 17.9 Å². The second-order valence-corrected chi connectivity index (χ2v) is 13.3. The Hall–Kier alpha value is -3.94. The Balaban J connectivity index is 1.17. The second-order valence-electron chi connectivity index (χ2n) is 13.3. The first-order valence-electron chi connectivity index (χ1n) is 15.9. The summed E-state index contributed by atoms with van der Waals surface area (Å²) in [6, 6.07) is 6.88. The van der Waals surface area contributed by atoms with Crippen molar-refractivity contribution in [2.75, 3.05) is 55.7 Å². The molecule has 44 heavy (non-hydrogen) atoms. The number of fused-ring (bicyclic) bond motifs is 4. The Morgan fingerprint density at radius 3 is 2.61 bits per heavy atom. The van der Waals surface area contributed by atoms with Crippen molar-refractivity contribution < 1.29 is 19.0 Å². The number of phenolic OH excluding ortho intramolecular Hbond substituents is 1. The molecule has 4 aliphatic heterocycles. The van der Waals surface area contributed by atoms with Crippen LogP contribution in [0.15, 0.2) is 24.3 Å². The zero-order chi connectivity index (χ0) is 30.0. The summed E-state index contributed by atoms with van der Waals surface area (Å²) in [5.74, 6) is 2.31. The second kappa shape index (κ2) is 10.6. The zero-order valence-corrected chi connectivity index (χ0v) is 24.8. The van der Waals surface area contributed by atoms with Crippen LogP contribution < -0.4 is 19.9 Å². The van der Waals surface area contributed by atoms with Crippen LogP contribution >= 0.6 is 0 Å². The van der Waals surface area contributed by atoms with Crippen molar-refractivity contribution in [2.45, 2.75) is 57.0 Å². The van der Waals surface area contributed by atoms with E-state index in [1.54, 1.807) is 11.0 Å². The third-order valence-corrected chi connectivity index (χ3v) is 10.2. The minimum Gasteiger partial charge on any atom is -0.508 e. The number of carbonyl (C=O) groups excluding carboxylic acids is 1. The number of terminal acetylenes is 1. The van der Waals surface area contributed by atoms with Crippen molar-refractivity contribution in [3.8, 4) is 24.1 Å². The smallest absolute Gasteiger partial charge is 0.319 e. The van der Waals surface area contributed by atoms with Crippen LogP contribution in [-0.4, -0.2) is 83.8 Å². The summed E-state index contributed by atoms with van der Waals surface area (Å²) in [7, 11) is 0. The number of ether oxygens (including phenoxy) is 1. The van der Waals surface area contributed by atoms with Crippen molar-refractivity contribution in [3.63, 3.8) is 0 Å². The molecule has 1 amide bonds. The number of halogens is 1. The van der Waals surface area contributed by atoms with E-state index in [9.17, 15) is 14.3 Å². The van der Waals surface area contributed by atoms with Gasteiger partial charge in [-0.05, 0) is 75.6 Å². The predicted molar refractivity (Wildman–Crippen MR) is 166 cm³/mol. The number of hydrogen-bond donors (Lipinski definition) is 2. The number of nitrogens with one attached hydrogen (secondary N) is 1. The Morgan fingerprint density at radius 2 is 1.89 bits per heavy atom. The van der Waals surface area contributed by atoms with Crippen molar-refractivity contribution in [1.82, 2.24) is 20.2 Å². The molecule has 0 spiro atoms. The Bertz CT molecular complexity index is 1680. The lowest BCUT2D eigenvalue weighted by Gasteiger charge is -2.37. The van der Waals surface area contributed by atoms with Crippen LogP contribution in [0.3, 0.4) is 0 Å². The number of hydrogen-bond acceptors (Lipinski definition) is 8. The third kappa shape index (κ3) is 4.83. The highest BCUT2D eigenvalue weighted by Crippen LogP contribution is 2.47. The van der Waals surface area contributed by atoms with Gasteiger partial charge in [-0.2, -0.15) is 9.97 Å². The predicted octanol–water partition coefficient (Wildman–Crippen LogP) is 3.85. The Kier molecular flexibility index (Phi) is 6.65. The summed E-state index contributed by atoms with van der Waals surface area (Å²) in [5, 5.41) is 15.2. The van der Waals surface area contributed by atoms with E-state index in [1.807, 2.05) is 0 Å². The summed E-state index contributed by atoms with van der Waals surface area (Å²) in [6.45, 7) is 5.79. The molecule has 2 aromatic carbocycles. The molecule has 8 rings (SSSR count). The van der Waals surface area contributed by atoms with Gasteiger partial charge in [-0.3, -0.25) is 4.79 Å². The lowest BCUT2D eigenvalue weighted by molar-refractivity contribution is 0.0973. The molecule has 0 unspecified atom stereocenters. The number of anilines is 2. The van der Waals surface area contributed by atoms with Gasteiger partial charge in [0, 0.05) is 60.7 Å². The Labute approximate surface area is 256 Å². The first-order chi connectivity index (χ1) is 21.4. The van der Waals surface area contributed by atoms with Crippen LogP contribution in [0, 0.1) is 23.6 Å². The fraction of sp³-hybridized carbons (Fsp3) is 0.500. The van der Waals surface area contributed by atoms with Crippen LogP contribution in [0.1, 0.15) is 60.1 Å². The van der Waals surface area contributed by atoms with Crippen molar-refractivity contribution in [1.29, 1.82) is 0 Å². The SMILES string of the molecule is C#Cc1c(F)ccc2cc(O)cc(N3CCc4c(nc(OCC5(CN6CCCC6)CC5)nc4N4C[C@H]5CC[C@@H](C4)N5)C3=O)c12. The molecule has 1 aromatic heterocycles. The van der Waals surface area contributed by atoms with Gasteiger partial charge in [0.2, 0.25) is 0 Å². The molecule has 2 bridgehead atoms. The number of likely N-dealkylation sites (tertiary alicyclic amines) is 1. The molecule has 3 aromatic rings. The monoisotopic (exact) mass is 596 g/mol. The molecule has 1 saturated carbocycles. The van der Waals surface area contributed by atoms with E-state index in [0.717, 1.165) is 69.8 Å². The highest BCUT2D eigenvalue weighted by Gasteiger charge is 2.46. The Morgan fingerprint density at radius 1 is 1.11 bits per heavy atom. The number of nitrogens with zero attached hydrogens (tertiary/aromatic N) is 5. The summed E-state index contributed by atoms with van der Waals surface area (Å²) in [5.41, 5.74) is 1.65. The molecule has 9 nitrogen and oxygen atoms in total. The van der Waals surface area contributed by atoms with E-state index in [2.05, 4.69) is 21.0 Å². The van der Waals surface area contributed by atoms with Gasteiger partial charge in [0.15, 0.2) is 0 Å². The summed E-state index contributed by atoms with van der Waals surface area (Å²) < 4.78 is 21.2. The summed E-state index contributed by atoms with van der Waals surface area (Å²) in [6.07, 6.45) is 13.2. The van der Waals surface area contributed by atoms with Gasteiger partial charge >= 0.3 is 6.01 Å². The average molecular weight is 597 g/mol. The fourth-order valence-electron chi connectivity index (χ4n) is 7.75. The molecule has 228 valence electrons. The maximum Gasteiger partial charge on any atom is 0.319 e. The maximum atomic E-state index is 14.8. The number of phenols is 1. The normalized spacial score (nSPS) is 24.0. The molecule has 0 radical (unpaired) electrons. The van der Waals surface area contributed by atoms with Gasteiger partial charge in [0.25, 0.3) is 5.91 Å². The van der Waals surface area contributed by atoms with E-state index >= 15 is 0 Å². The number of amides is 1. The maximum absolute atomic E-state index is 14.8. The van der Waals surface area contributed by atoms with Gasteiger partial charge in [0.1, 0.15) is 23.1 Å². The molecule has 10 heteroatoms. The van der Waals surface area contributed by atoms with Gasteiger partial charge < -0.3 is 29.9 Å². The number of benzene rings is 2. The highest BCUT2D eigenvalue weighted by molar-refractivity contribution is 6.13. The van der Waals surface area contributed by atoms with Gasteiger partial charge in [-0.1, -0.05) is 12.0 Å². The van der Waals surface area contributed by atoms with Crippen LogP contribution in [0.25, 0.3) is 10.8 Å². The molecular formula is C34H37FN6O3. The number of rotatable bonds is 7. The molecular weight excluding hydrogens is 559 g/mol.